The SMILES string of the molecule is COc1ccc(OC)c(Cc2ccc([C@@H]3CN(C(=O)c4cnc(N)nc4C)CCO3)nc2)c1. The van der Waals surface area contributed by atoms with E-state index in [0.717, 1.165) is 28.3 Å². The summed E-state index contributed by atoms with van der Waals surface area (Å²) in [5.41, 5.74) is 9.43. The Balaban J connectivity index is 1.46. The van der Waals surface area contributed by atoms with Crippen molar-refractivity contribution in [1.29, 1.82) is 0 Å². The van der Waals surface area contributed by atoms with Crippen molar-refractivity contribution < 1.29 is 19.0 Å². The van der Waals surface area contributed by atoms with Crippen molar-refractivity contribution in [3.05, 3.63) is 70.8 Å². The number of pyridine rings is 1. The maximum absolute atomic E-state index is 13.0. The number of hydrogen-bond acceptors (Lipinski definition) is 8. The zero-order valence-electron chi connectivity index (χ0n) is 18.9. The molecule has 1 atom stereocenters. The number of anilines is 1. The quantitative estimate of drug-likeness (QED) is 0.611. The maximum Gasteiger partial charge on any atom is 0.257 e. The fourth-order valence-corrected chi connectivity index (χ4v) is 3.85. The average molecular weight is 450 g/mol. The smallest absolute Gasteiger partial charge is 0.257 e. The van der Waals surface area contributed by atoms with Crippen LogP contribution in [-0.2, 0) is 11.2 Å². The number of nitrogen functional groups attached to an aromatic ring is 1. The molecule has 4 rings (SSSR count). The van der Waals surface area contributed by atoms with E-state index in [2.05, 4.69) is 15.0 Å². The number of ether oxygens (including phenoxy) is 3. The summed E-state index contributed by atoms with van der Waals surface area (Å²) < 4.78 is 16.7. The molecule has 0 saturated carbocycles. The van der Waals surface area contributed by atoms with Gasteiger partial charge in [0.25, 0.3) is 5.91 Å². The van der Waals surface area contributed by atoms with Crippen molar-refractivity contribution in [1.82, 2.24) is 19.9 Å². The van der Waals surface area contributed by atoms with Gasteiger partial charge < -0.3 is 24.8 Å². The molecule has 0 spiro atoms. The minimum atomic E-state index is -0.307. The van der Waals surface area contributed by atoms with Gasteiger partial charge in [-0.2, -0.15) is 0 Å². The molecule has 2 N–H and O–H groups in total. The van der Waals surface area contributed by atoms with Crippen LogP contribution in [-0.4, -0.2) is 59.7 Å². The van der Waals surface area contributed by atoms with Crippen molar-refractivity contribution in [2.45, 2.75) is 19.4 Å². The van der Waals surface area contributed by atoms with E-state index in [1.165, 1.54) is 6.20 Å². The van der Waals surface area contributed by atoms with Crippen LogP contribution in [0.2, 0.25) is 0 Å². The van der Waals surface area contributed by atoms with Crippen LogP contribution in [0, 0.1) is 6.92 Å². The highest BCUT2D eigenvalue weighted by molar-refractivity contribution is 5.95. The van der Waals surface area contributed by atoms with Gasteiger partial charge in [-0.15, -0.1) is 0 Å². The van der Waals surface area contributed by atoms with Crippen molar-refractivity contribution in [2.24, 2.45) is 0 Å². The Morgan fingerprint density at radius 1 is 1.18 bits per heavy atom. The molecule has 172 valence electrons. The molecular formula is C24H27N5O4. The number of rotatable bonds is 6. The van der Waals surface area contributed by atoms with Crippen LogP contribution in [0.25, 0.3) is 0 Å². The van der Waals surface area contributed by atoms with Gasteiger partial charge in [-0.25, -0.2) is 9.97 Å². The number of hydrogen-bond donors (Lipinski definition) is 1. The number of aryl methyl sites for hydroxylation is 1. The van der Waals surface area contributed by atoms with Crippen molar-refractivity contribution >= 4 is 11.9 Å². The molecule has 1 saturated heterocycles. The second kappa shape index (κ2) is 9.83. The third-order valence-corrected chi connectivity index (χ3v) is 5.64. The number of aromatic nitrogens is 3. The average Bonchev–Trinajstić information content (AvgIpc) is 2.84. The van der Waals surface area contributed by atoms with Crippen molar-refractivity contribution in [3.63, 3.8) is 0 Å². The molecule has 0 bridgehead atoms. The summed E-state index contributed by atoms with van der Waals surface area (Å²) in [5.74, 6) is 1.59. The van der Waals surface area contributed by atoms with E-state index in [-0.39, 0.29) is 18.0 Å². The lowest BCUT2D eigenvalue weighted by atomic mass is 10.0. The van der Waals surface area contributed by atoms with Gasteiger partial charge in [0.1, 0.15) is 17.6 Å². The molecule has 33 heavy (non-hydrogen) atoms. The molecule has 1 aliphatic rings. The highest BCUT2D eigenvalue weighted by Gasteiger charge is 2.28. The van der Waals surface area contributed by atoms with Crippen molar-refractivity contribution in [2.75, 3.05) is 39.6 Å². The molecule has 3 aromatic rings. The largest absolute Gasteiger partial charge is 0.497 e. The molecule has 0 unspecified atom stereocenters. The Morgan fingerprint density at radius 3 is 2.73 bits per heavy atom. The lowest BCUT2D eigenvalue weighted by Gasteiger charge is -2.33. The predicted octanol–water partition coefficient (Wildman–Crippen LogP) is 2.58. The van der Waals surface area contributed by atoms with E-state index in [1.54, 1.807) is 26.0 Å². The van der Waals surface area contributed by atoms with Crippen LogP contribution < -0.4 is 15.2 Å². The van der Waals surface area contributed by atoms with E-state index in [0.29, 0.717) is 37.4 Å². The molecule has 1 fully saturated rings. The zero-order chi connectivity index (χ0) is 23.4. The van der Waals surface area contributed by atoms with E-state index in [4.69, 9.17) is 19.9 Å². The molecule has 0 radical (unpaired) electrons. The molecule has 9 heteroatoms. The van der Waals surface area contributed by atoms with Gasteiger partial charge in [0.2, 0.25) is 5.95 Å². The first-order valence-corrected chi connectivity index (χ1v) is 10.6. The Kier molecular flexibility index (Phi) is 6.69. The van der Waals surface area contributed by atoms with Gasteiger partial charge >= 0.3 is 0 Å². The third kappa shape index (κ3) is 5.04. The summed E-state index contributed by atoms with van der Waals surface area (Å²) in [7, 11) is 3.29. The Hall–Kier alpha value is -3.72. The normalized spacial score (nSPS) is 15.8. The fourth-order valence-electron chi connectivity index (χ4n) is 3.85. The van der Waals surface area contributed by atoms with Gasteiger partial charge in [-0.05, 0) is 36.8 Å². The predicted molar refractivity (Wildman–Crippen MR) is 122 cm³/mol. The molecule has 3 heterocycles. The van der Waals surface area contributed by atoms with Gasteiger partial charge in [0.05, 0.1) is 44.3 Å². The second-order valence-electron chi connectivity index (χ2n) is 7.78. The summed E-state index contributed by atoms with van der Waals surface area (Å²) in [4.78, 5) is 27.4. The van der Waals surface area contributed by atoms with Crippen LogP contribution in [0.1, 0.15) is 39.0 Å². The molecule has 9 nitrogen and oxygen atoms in total. The summed E-state index contributed by atoms with van der Waals surface area (Å²) in [6, 6.07) is 9.69. The maximum atomic E-state index is 13.0. The number of methoxy groups -OCH3 is 2. The van der Waals surface area contributed by atoms with Gasteiger partial charge in [-0.3, -0.25) is 9.78 Å². The number of carbonyl (C=O) groups excluding carboxylic acids is 1. The summed E-state index contributed by atoms with van der Waals surface area (Å²) in [6.45, 7) is 3.07. The van der Waals surface area contributed by atoms with E-state index in [9.17, 15) is 4.79 Å². The van der Waals surface area contributed by atoms with Gasteiger partial charge in [-0.1, -0.05) is 6.07 Å². The molecule has 1 aliphatic heterocycles. The lowest BCUT2D eigenvalue weighted by Crippen LogP contribution is -2.42. The highest BCUT2D eigenvalue weighted by Crippen LogP contribution is 2.27. The molecule has 1 amide bonds. The topological polar surface area (TPSA) is 113 Å². The van der Waals surface area contributed by atoms with Crippen LogP contribution >= 0.6 is 0 Å². The minimum Gasteiger partial charge on any atom is -0.497 e. The van der Waals surface area contributed by atoms with E-state index in [1.807, 2.05) is 36.5 Å². The number of morpholine rings is 1. The zero-order valence-corrected chi connectivity index (χ0v) is 18.9. The van der Waals surface area contributed by atoms with Crippen LogP contribution in [0.3, 0.4) is 0 Å². The number of amides is 1. The first-order chi connectivity index (χ1) is 16.0. The van der Waals surface area contributed by atoms with Crippen molar-refractivity contribution in [3.8, 4) is 11.5 Å². The highest BCUT2D eigenvalue weighted by atomic mass is 16.5. The lowest BCUT2D eigenvalue weighted by molar-refractivity contribution is -0.0247. The molecule has 0 aliphatic carbocycles. The van der Waals surface area contributed by atoms with Gasteiger partial charge in [0.15, 0.2) is 0 Å². The van der Waals surface area contributed by atoms with Crippen LogP contribution in [0.5, 0.6) is 11.5 Å². The number of benzene rings is 1. The minimum absolute atomic E-state index is 0.137. The monoisotopic (exact) mass is 449 g/mol. The summed E-state index contributed by atoms with van der Waals surface area (Å²) in [6.07, 6.45) is 3.65. The first-order valence-electron chi connectivity index (χ1n) is 10.6. The second-order valence-corrected chi connectivity index (χ2v) is 7.78. The van der Waals surface area contributed by atoms with E-state index >= 15 is 0 Å². The van der Waals surface area contributed by atoms with Crippen LogP contribution in [0.15, 0.2) is 42.7 Å². The number of nitrogens with zero attached hydrogens (tertiary/aromatic N) is 4. The summed E-state index contributed by atoms with van der Waals surface area (Å²) in [5, 5.41) is 0. The number of nitrogens with two attached hydrogens (primary N) is 1. The molecular weight excluding hydrogens is 422 g/mol. The Labute approximate surface area is 192 Å². The fraction of sp³-hybridized carbons (Fsp3) is 0.333. The third-order valence-electron chi connectivity index (χ3n) is 5.64. The number of carbonyl (C=O) groups is 1. The van der Waals surface area contributed by atoms with E-state index < -0.39 is 0 Å². The summed E-state index contributed by atoms with van der Waals surface area (Å²) >= 11 is 0. The first kappa shape index (κ1) is 22.5. The standard InChI is InChI=1S/C24H27N5O4/c1-15-19(13-27-24(25)28-15)23(30)29-8-9-33-22(14-29)20-6-4-16(12-26-20)10-17-11-18(31-2)5-7-21(17)32-3/h4-7,11-13,22H,8-10,14H2,1-3H3,(H2,25,27,28)/t22-/m0/s1. The Morgan fingerprint density at radius 2 is 2.03 bits per heavy atom. The van der Waals surface area contributed by atoms with Crippen LogP contribution in [0.4, 0.5) is 5.95 Å². The van der Waals surface area contributed by atoms with Gasteiger partial charge in [0, 0.05) is 30.9 Å². The molecule has 1 aromatic carbocycles. The Bertz CT molecular complexity index is 1140. The molecule has 2 aromatic heterocycles.